The summed E-state index contributed by atoms with van der Waals surface area (Å²) in [6.45, 7) is 15.4. The minimum Gasteiger partial charge on any atom is -0.490 e. The number of carbonyl (C=O) groups excluding carboxylic acids is 2. The van der Waals surface area contributed by atoms with E-state index < -0.39 is 24.1 Å². The van der Waals surface area contributed by atoms with Crippen molar-refractivity contribution < 1.29 is 38.7 Å². The summed E-state index contributed by atoms with van der Waals surface area (Å²) in [5.41, 5.74) is 8.94. The first-order chi connectivity index (χ1) is 23.2. The molecule has 8 nitrogen and oxygen atoms in total. The molecule has 49 heavy (non-hydrogen) atoms. The third-order valence-corrected chi connectivity index (χ3v) is 9.30. The predicted octanol–water partition coefficient (Wildman–Crippen LogP) is 7.06. The summed E-state index contributed by atoms with van der Waals surface area (Å²) in [7, 11) is 0. The van der Waals surface area contributed by atoms with Crippen LogP contribution in [0.2, 0.25) is 0 Å². The van der Waals surface area contributed by atoms with E-state index in [1.54, 1.807) is 24.3 Å². The molecular formula is C41H48O8. The molecule has 0 aliphatic rings. The van der Waals surface area contributed by atoms with Gasteiger partial charge in [0.2, 0.25) is 0 Å². The number of aliphatic hydroxyl groups excluding tert-OH is 2. The highest BCUT2D eigenvalue weighted by Gasteiger charge is 2.24. The third-order valence-electron chi connectivity index (χ3n) is 9.30. The molecule has 0 saturated carbocycles. The van der Waals surface area contributed by atoms with Crippen molar-refractivity contribution in [3.63, 3.8) is 0 Å². The van der Waals surface area contributed by atoms with Gasteiger partial charge in [0.25, 0.3) is 0 Å². The van der Waals surface area contributed by atoms with Crippen molar-refractivity contribution in [1.29, 1.82) is 0 Å². The van der Waals surface area contributed by atoms with Gasteiger partial charge >= 0.3 is 11.9 Å². The molecule has 2 unspecified atom stereocenters. The number of rotatable bonds is 14. The van der Waals surface area contributed by atoms with Gasteiger partial charge in [-0.3, -0.25) is 0 Å². The quantitative estimate of drug-likeness (QED) is 0.138. The lowest BCUT2D eigenvalue weighted by molar-refractivity contribution is -0.00175. The van der Waals surface area contributed by atoms with Crippen molar-refractivity contribution >= 4 is 11.9 Å². The molecule has 0 saturated heterocycles. The summed E-state index contributed by atoms with van der Waals surface area (Å²) in [6, 6.07) is 22.5. The molecule has 8 heteroatoms. The molecule has 0 aliphatic carbocycles. The molecule has 0 heterocycles. The highest BCUT2D eigenvalue weighted by molar-refractivity contribution is 5.90. The number of benzene rings is 4. The standard InChI is InChI=1S/C41H48O8/c1-25-17-31(18-26(2)29(25)5)39(44)48-37(21-42)23-46-35-13-9-33(10-14-35)41(7,8)34-11-15-36(16-12-34)47-24-38(22-43)49-40(45)32-19-27(3)30(6)28(4)20-32/h9-20,37-38,42-43H,21-24H2,1-8H3. The molecule has 4 rings (SSSR count). The molecule has 0 radical (unpaired) electrons. The monoisotopic (exact) mass is 668 g/mol. The van der Waals surface area contributed by atoms with Crippen LogP contribution in [0.3, 0.4) is 0 Å². The van der Waals surface area contributed by atoms with E-state index >= 15 is 0 Å². The van der Waals surface area contributed by atoms with Gasteiger partial charge in [0, 0.05) is 5.41 Å². The predicted molar refractivity (Wildman–Crippen MR) is 190 cm³/mol. The fraction of sp³-hybridized carbons (Fsp3) is 0.366. The molecular weight excluding hydrogens is 620 g/mol. The number of aryl methyl sites for hydroxylation is 4. The maximum absolute atomic E-state index is 12.7. The van der Waals surface area contributed by atoms with Crippen molar-refractivity contribution in [3.05, 3.63) is 128 Å². The van der Waals surface area contributed by atoms with Gasteiger partial charge in [0.1, 0.15) is 24.7 Å². The molecule has 0 fully saturated rings. The molecule has 260 valence electrons. The van der Waals surface area contributed by atoms with Crippen molar-refractivity contribution in [1.82, 2.24) is 0 Å². The van der Waals surface area contributed by atoms with Gasteiger partial charge in [-0.2, -0.15) is 0 Å². The number of hydrogen-bond donors (Lipinski definition) is 2. The van der Waals surface area contributed by atoms with E-state index in [4.69, 9.17) is 18.9 Å². The average Bonchev–Trinajstić information content (AvgIpc) is 3.09. The second kappa shape index (κ2) is 16.2. The smallest absolute Gasteiger partial charge is 0.338 e. The normalized spacial score (nSPS) is 12.6. The Kier molecular flexibility index (Phi) is 12.3. The summed E-state index contributed by atoms with van der Waals surface area (Å²) < 4.78 is 22.8. The Hall–Kier alpha value is -4.66. The van der Waals surface area contributed by atoms with Crippen molar-refractivity contribution in [2.75, 3.05) is 26.4 Å². The summed E-state index contributed by atoms with van der Waals surface area (Å²) in [5, 5.41) is 19.7. The van der Waals surface area contributed by atoms with Crippen LogP contribution < -0.4 is 9.47 Å². The topological polar surface area (TPSA) is 112 Å². The lowest BCUT2D eigenvalue weighted by Gasteiger charge is -2.27. The zero-order chi connectivity index (χ0) is 35.9. The van der Waals surface area contributed by atoms with E-state index in [-0.39, 0.29) is 31.8 Å². The molecule has 2 N–H and O–H groups in total. The van der Waals surface area contributed by atoms with E-state index in [1.165, 1.54) is 0 Å². The number of esters is 2. The fourth-order valence-corrected chi connectivity index (χ4v) is 5.47. The SMILES string of the molecule is Cc1cc(C(=O)OC(CO)COc2ccc(C(C)(C)c3ccc(OCC(CO)OC(=O)c4cc(C)c(C)c(C)c4)cc3)cc2)cc(C)c1C. The lowest BCUT2D eigenvalue weighted by atomic mass is 9.78. The van der Waals surface area contributed by atoms with Gasteiger partial charge in [-0.25, -0.2) is 9.59 Å². The second-order valence-electron chi connectivity index (χ2n) is 13.2. The summed E-state index contributed by atoms with van der Waals surface area (Å²) >= 11 is 0. The first-order valence-corrected chi connectivity index (χ1v) is 16.5. The minimum atomic E-state index is -0.812. The zero-order valence-electron chi connectivity index (χ0n) is 29.8. The fourth-order valence-electron chi connectivity index (χ4n) is 5.47. The Labute approximate surface area is 289 Å². The molecule has 0 bridgehead atoms. The average molecular weight is 669 g/mol. The Morgan fingerprint density at radius 2 is 0.878 bits per heavy atom. The van der Waals surface area contributed by atoms with Gasteiger partial charge < -0.3 is 29.2 Å². The second-order valence-corrected chi connectivity index (χ2v) is 13.2. The third kappa shape index (κ3) is 9.28. The Bertz CT molecular complexity index is 1580. The van der Waals surface area contributed by atoms with Gasteiger partial charge in [0.15, 0.2) is 12.2 Å². The van der Waals surface area contributed by atoms with E-state index in [2.05, 4.69) is 13.8 Å². The van der Waals surface area contributed by atoms with Crippen LogP contribution in [0, 0.1) is 41.5 Å². The van der Waals surface area contributed by atoms with Crippen LogP contribution in [0.25, 0.3) is 0 Å². The minimum absolute atomic E-state index is 0.0118. The highest BCUT2D eigenvalue weighted by Crippen LogP contribution is 2.33. The number of hydrogen-bond acceptors (Lipinski definition) is 8. The van der Waals surface area contributed by atoms with Gasteiger partial charge in [-0.05, 0) is 135 Å². The molecule has 0 amide bonds. The van der Waals surface area contributed by atoms with Gasteiger partial charge in [-0.1, -0.05) is 38.1 Å². The first kappa shape index (κ1) is 37.2. The maximum Gasteiger partial charge on any atom is 0.338 e. The van der Waals surface area contributed by atoms with E-state index in [9.17, 15) is 19.8 Å². The Morgan fingerprint density at radius 1 is 0.571 bits per heavy atom. The summed E-state index contributed by atoms with van der Waals surface area (Å²) in [4.78, 5) is 25.4. The number of carbonyl (C=O) groups is 2. The van der Waals surface area contributed by atoms with Crippen molar-refractivity contribution in [3.8, 4) is 11.5 Å². The molecule has 4 aromatic carbocycles. The van der Waals surface area contributed by atoms with E-state index in [0.717, 1.165) is 44.5 Å². The van der Waals surface area contributed by atoms with Crippen LogP contribution in [0.5, 0.6) is 11.5 Å². The number of ether oxygens (including phenoxy) is 4. The first-order valence-electron chi connectivity index (χ1n) is 16.5. The van der Waals surface area contributed by atoms with Crippen LogP contribution >= 0.6 is 0 Å². The van der Waals surface area contributed by atoms with Crippen molar-refractivity contribution in [2.24, 2.45) is 0 Å². The largest absolute Gasteiger partial charge is 0.490 e. The Balaban J connectivity index is 1.31. The van der Waals surface area contributed by atoms with Gasteiger partial charge in [0.05, 0.1) is 24.3 Å². The van der Waals surface area contributed by atoms with Crippen LogP contribution in [0.4, 0.5) is 0 Å². The van der Waals surface area contributed by atoms with E-state index in [1.807, 2.05) is 90.1 Å². The van der Waals surface area contributed by atoms with Crippen LogP contribution in [0.1, 0.15) is 79.1 Å². The molecule has 0 spiro atoms. The molecule has 2 atom stereocenters. The van der Waals surface area contributed by atoms with Crippen LogP contribution in [-0.2, 0) is 14.9 Å². The van der Waals surface area contributed by atoms with Crippen LogP contribution in [-0.4, -0.2) is 60.8 Å². The lowest BCUT2D eigenvalue weighted by Crippen LogP contribution is -2.28. The van der Waals surface area contributed by atoms with Gasteiger partial charge in [-0.15, -0.1) is 0 Å². The van der Waals surface area contributed by atoms with Crippen LogP contribution in [0.15, 0.2) is 72.8 Å². The van der Waals surface area contributed by atoms with E-state index in [0.29, 0.717) is 22.6 Å². The van der Waals surface area contributed by atoms with Crippen molar-refractivity contribution in [2.45, 2.75) is 73.0 Å². The number of aliphatic hydroxyl groups is 2. The molecule has 0 aromatic heterocycles. The highest BCUT2D eigenvalue weighted by atomic mass is 16.6. The Morgan fingerprint density at radius 3 is 1.16 bits per heavy atom. The maximum atomic E-state index is 12.7. The summed E-state index contributed by atoms with van der Waals surface area (Å²) in [5.74, 6) is 0.183. The zero-order valence-corrected chi connectivity index (χ0v) is 29.8. The summed E-state index contributed by atoms with van der Waals surface area (Å²) in [6.07, 6.45) is -1.62. The molecule has 4 aromatic rings. The molecule has 0 aliphatic heterocycles.